The van der Waals surface area contributed by atoms with Crippen molar-refractivity contribution in [1.82, 2.24) is 10.2 Å². The third-order valence-corrected chi connectivity index (χ3v) is 3.56. The van der Waals surface area contributed by atoms with E-state index in [1.165, 1.54) is 0 Å². The first-order valence-electron chi connectivity index (χ1n) is 7.82. The number of ether oxygens (including phenoxy) is 1. The minimum atomic E-state index is -0.217. The van der Waals surface area contributed by atoms with Gasteiger partial charge in [0.15, 0.2) is 0 Å². The molecular formula is C19H19N3O2. The molecule has 2 aromatic carbocycles. The fraction of sp³-hybridized carbons (Fsp3) is 0.158. The van der Waals surface area contributed by atoms with E-state index in [1.54, 1.807) is 6.07 Å². The number of hydrogen-bond acceptors (Lipinski definition) is 3. The fourth-order valence-electron chi connectivity index (χ4n) is 2.40. The van der Waals surface area contributed by atoms with Crippen molar-refractivity contribution in [3.8, 4) is 17.0 Å². The summed E-state index contributed by atoms with van der Waals surface area (Å²) in [4.78, 5) is 12.3. The summed E-state index contributed by atoms with van der Waals surface area (Å²) in [6.07, 6.45) is 0. The summed E-state index contributed by atoms with van der Waals surface area (Å²) in [5.41, 5.74) is 3.90. The first kappa shape index (κ1) is 15.8. The van der Waals surface area contributed by atoms with Gasteiger partial charge in [0.2, 0.25) is 0 Å². The average Bonchev–Trinajstić information content (AvgIpc) is 3.06. The Kier molecular flexibility index (Phi) is 4.61. The average molecular weight is 321 g/mol. The van der Waals surface area contributed by atoms with Gasteiger partial charge in [-0.15, -0.1) is 0 Å². The van der Waals surface area contributed by atoms with E-state index in [2.05, 4.69) is 15.5 Å². The summed E-state index contributed by atoms with van der Waals surface area (Å²) in [7, 11) is 0. The zero-order valence-electron chi connectivity index (χ0n) is 13.7. The Labute approximate surface area is 140 Å². The molecule has 0 atom stereocenters. The number of aromatic amines is 1. The molecule has 0 saturated carbocycles. The maximum atomic E-state index is 12.3. The van der Waals surface area contributed by atoms with E-state index < -0.39 is 0 Å². The molecule has 0 saturated heterocycles. The molecule has 0 spiro atoms. The van der Waals surface area contributed by atoms with E-state index in [0.29, 0.717) is 18.0 Å². The van der Waals surface area contributed by atoms with Gasteiger partial charge in [-0.2, -0.15) is 5.10 Å². The molecule has 0 fully saturated rings. The van der Waals surface area contributed by atoms with Gasteiger partial charge in [-0.1, -0.05) is 12.1 Å². The second-order valence-electron chi connectivity index (χ2n) is 5.45. The number of carbonyl (C=O) groups is 1. The number of carbonyl (C=O) groups excluding carboxylic acids is 1. The van der Waals surface area contributed by atoms with Crippen molar-refractivity contribution in [2.45, 2.75) is 13.8 Å². The molecule has 1 aromatic heterocycles. The van der Waals surface area contributed by atoms with Crippen LogP contribution in [0.5, 0.6) is 5.75 Å². The van der Waals surface area contributed by atoms with Crippen molar-refractivity contribution in [1.29, 1.82) is 0 Å². The van der Waals surface area contributed by atoms with E-state index in [1.807, 2.05) is 62.4 Å². The van der Waals surface area contributed by atoms with Crippen molar-refractivity contribution in [3.63, 3.8) is 0 Å². The minimum Gasteiger partial charge on any atom is -0.494 e. The number of hydrogen-bond donors (Lipinski definition) is 2. The van der Waals surface area contributed by atoms with Crippen molar-refractivity contribution in [2.24, 2.45) is 0 Å². The maximum absolute atomic E-state index is 12.3. The second kappa shape index (κ2) is 7.00. The quantitative estimate of drug-likeness (QED) is 0.745. The number of amides is 1. The maximum Gasteiger partial charge on any atom is 0.273 e. The van der Waals surface area contributed by atoms with Gasteiger partial charge in [-0.05, 0) is 61.9 Å². The van der Waals surface area contributed by atoms with Crippen LogP contribution in [0.25, 0.3) is 11.3 Å². The van der Waals surface area contributed by atoms with Crippen LogP contribution < -0.4 is 10.1 Å². The van der Waals surface area contributed by atoms with E-state index in [4.69, 9.17) is 4.74 Å². The number of aryl methyl sites for hydroxylation is 1. The van der Waals surface area contributed by atoms with Crippen LogP contribution in [0.2, 0.25) is 0 Å². The molecule has 0 aliphatic rings. The number of aromatic nitrogens is 2. The predicted molar refractivity (Wildman–Crippen MR) is 94.3 cm³/mol. The summed E-state index contributed by atoms with van der Waals surface area (Å²) >= 11 is 0. The van der Waals surface area contributed by atoms with Gasteiger partial charge in [-0.25, -0.2) is 0 Å². The topological polar surface area (TPSA) is 67.0 Å². The van der Waals surface area contributed by atoms with Crippen LogP contribution in [0.1, 0.15) is 23.0 Å². The van der Waals surface area contributed by atoms with E-state index in [-0.39, 0.29) is 5.91 Å². The Morgan fingerprint density at radius 1 is 1.17 bits per heavy atom. The standard InChI is InChI=1S/C19H19N3O2/c1-3-24-16-9-7-14(8-10-16)17-12-18(22-21-17)19(23)20-15-6-4-5-13(2)11-15/h4-12H,3H2,1-2H3,(H,20,23)(H,21,22). The fourth-order valence-corrected chi connectivity index (χ4v) is 2.40. The van der Waals surface area contributed by atoms with Gasteiger partial charge in [0.25, 0.3) is 5.91 Å². The number of anilines is 1. The monoisotopic (exact) mass is 321 g/mol. The lowest BCUT2D eigenvalue weighted by Gasteiger charge is -2.04. The minimum absolute atomic E-state index is 0.217. The van der Waals surface area contributed by atoms with Crippen molar-refractivity contribution in [2.75, 3.05) is 11.9 Å². The van der Waals surface area contributed by atoms with Crippen molar-refractivity contribution in [3.05, 3.63) is 65.9 Å². The van der Waals surface area contributed by atoms with Crippen LogP contribution >= 0.6 is 0 Å². The lowest BCUT2D eigenvalue weighted by atomic mass is 10.1. The predicted octanol–water partition coefficient (Wildman–Crippen LogP) is 4.04. The zero-order valence-corrected chi connectivity index (χ0v) is 13.7. The lowest BCUT2D eigenvalue weighted by molar-refractivity contribution is 0.102. The molecule has 0 radical (unpaired) electrons. The molecule has 24 heavy (non-hydrogen) atoms. The molecule has 1 amide bonds. The normalized spacial score (nSPS) is 10.4. The smallest absolute Gasteiger partial charge is 0.273 e. The Bertz CT molecular complexity index is 838. The summed E-state index contributed by atoms with van der Waals surface area (Å²) < 4.78 is 5.42. The summed E-state index contributed by atoms with van der Waals surface area (Å²) in [5, 5.41) is 9.86. The third-order valence-electron chi connectivity index (χ3n) is 3.56. The van der Waals surface area contributed by atoms with Gasteiger partial charge < -0.3 is 10.1 Å². The second-order valence-corrected chi connectivity index (χ2v) is 5.45. The van der Waals surface area contributed by atoms with E-state index in [0.717, 1.165) is 22.6 Å². The number of H-pyrrole nitrogens is 1. The zero-order chi connectivity index (χ0) is 16.9. The first-order valence-corrected chi connectivity index (χ1v) is 7.82. The van der Waals surface area contributed by atoms with Crippen molar-refractivity contribution < 1.29 is 9.53 Å². The Morgan fingerprint density at radius 2 is 1.96 bits per heavy atom. The number of benzene rings is 2. The first-order chi connectivity index (χ1) is 11.7. The Balaban J connectivity index is 1.73. The molecule has 122 valence electrons. The van der Waals surface area contributed by atoms with Crippen LogP contribution in [-0.2, 0) is 0 Å². The molecular weight excluding hydrogens is 302 g/mol. The van der Waals surface area contributed by atoms with Crippen LogP contribution in [0.15, 0.2) is 54.6 Å². The van der Waals surface area contributed by atoms with Gasteiger partial charge in [-0.3, -0.25) is 9.89 Å². The highest BCUT2D eigenvalue weighted by Gasteiger charge is 2.11. The molecule has 0 aliphatic carbocycles. The Hall–Kier alpha value is -3.08. The summed E-state index contributed by atoms with van der Waals surface area (Å²) in [6, 6.07) is 17.0. The van der Waals surface area contributed by atoms with Crippen LogP contribution in [0, 0.1) is 6.92 Å². The highest BCUT2D eigenvalue weighted by Crippen LogP contribution is 2.21. The largest absolute Gasteiger partial charge is 0.494 e. The molecule has 0 aliphatic heterocycles. The summed E-state index contributed by atoms with van der Waals surface area (Å²) in [6.45, 7) is 4.56. The summed E-state index contributed by atoms with van der Waals surface area (Å²) in [5.74, 6) is 0.597. The molecule has 0 bridgehead atoms. The lowest BCUT2D eigenvalue weighted by Crippen LogP contribution is -2.12. The van der Waals surface area contributed by atoms with Crippen LogP contribution in [0.3, 0.4) is 0 Å². The van der Waals surface area contributed by atoms with Gasteiger partial charge in [0.05, 0.1) is 12.3 Å². The molecule has 3 aromatic rings. The molecule has 0 unspecified atom stereocenters. The SMILES string of the molecule is CCOc1ccc(-c2cc(C(=O)Nc3cccc(C)c3)[nH]n2)cc1. The van der Waals surface area contributed by atoms with Gasteiger partial charge in [0.1, 0.15) is 11.4 Å². The molecule has 2 N–H and O–H groups in total. The highest BCUT2D eigenvalue weighted by atomic mass is 16.5. The highest BCUT2D eigenvalue weighted by molar-refractivity contribution is 6.03. The van der Waals surface area contributed by atoms with Crippen LogP contribution in [0.4, 0.5) is 5.69 Å². The Morgan fingerprint density at radius 3 is 2.67 bits per heavy atom. The van der Waals surface area contributed by atoms with E-state index >= 15 is 0 Å². The third kappa shape index (κ3) is 3.63. The van der Waals surface area contributed by atoms with Gasteiger partial charge >= 0.3 is 0 Å². The number of nitrogens with one attached hydrogen (secondary N) is 2. The van der Waals surface area contributed by atoms with Crippen molar-refractivity contribution >= 4 is 11.6 Å². The molecule has 3 rings (SSSR count). The number of nitrogens with zero attached hydrogens (tertiary/aromatic N) is 1. The molecule has 5 nitrogen and oxygen atoms in total. The number of rotatable bonds is 5. The van der Waals surface area contributed by atoms with Gasteiger partial charge in [0, 0.05) is 11.3 Å². The van der Waals surface area contributed by atoms with Crippen LogP contribution in [-0.4, -0.2) is 22.7 Å². The molecule has 1 heterocycles. The van der Waals surface area contributed by atoms with E-state index in [9.17, 15) is 4.79 Å². The molecule has 5 heteroatoms.